The first-order chi connectivity index (χ1) is 15.0. The summed E-state index contributed by atoms with van der Waals surface area (Å²) in [5.41, 5.74) is -0.681. The molecule has 0 aliphatic rings. The molecule has 8 nitrogen and oxygen atoms in total. The van der Waals surface area contributed by atoms with E-state index in [2.05, 4.69) is 5.32 Å². The molecule has 0 unspecified atom stereocenters. The Morgan fingerprint density at radius 1 is 1.09 bits per heavy atom. The topological polar surface area (TPSA) is 105 Å². The normalized spacial score (nSPS) is 11.7. The van der Waals surface area contributed by atoms with Crippen LogP contribution in [0.25, 0.3) is 0 Å². The molecule has 2 aromatic carbocycles. The monoisotopic (exact) mass is 473 g/mol. The number of nitrogens with zero attached hydrogens (tertiary/aromatic N) is 1. The summed E-state index contributed by atoms with van der Waals surface area (Å²) in [6, 6.07) is 9.73. The van der Waals surface area contributed by atoms with Gasteiger partial charge in [0.25, 0.3) is 0 Å². The standard InChI is InChI=1S/C20H22F3N3O5S/c1-3-26(13-18(27)25-15-7-5-8-16(11-15)31-2)19(28)12-24-32(29,30)17-9-4-6-14(10-17)20(21,22)23/h4-11,24H,3,12-13H2,1-2H3,(H,25,27). The molecule has 0 aliphatic carbocycles. The molecule has 0 saturated carbocycles. The third-order valence-electron chi connectivity index (χ3n) is 4.31. The summed E-state index contributed by atoms with van der Waals surface area (Å²) in [5, 5.41) is 2.60. The summed E-state index contributed by atoms with van der Waals surface area (Å²) in [5.74, 6) is -0.715. The van der Waals surface area contributed by atoms with Crippen LogP contribution in [-0.2, 0) is 25.8 Å². The zero-order valence-electron chi connectivity index (χ0n) is 17.3. The lowest BCUT2D eigenvalue weighted by atomic mass is 10.2. The van der Waals surface area contributed by atoms with E-state index in [-0.39, 0.29) is 13.1 Å². The molecule has 0 aliphatic heterocycles. The number of amides is 2. The van der Waals surface area contributed by atoms with E-state index < -0.39 is 45.0 Å². The second-order valence-electron chi connectivity index (χ2n) is 6.54. The number of methoxy groups -OCH3 is 1. The van der Waals surface area contributed by atoms with Crippen molar-refractivity contribution < 1.29 is 35.9 Å². The molecule has 12 heteroatoms. The van der Waals surface area contributed by atoms with Crippen LogP contribution in [0.4, 0.5) is 18.9 Å². The highest BCUT2D eigenvalue weighted by atomic mass is 32.2. The molecule has 2 aromatic rings. The van der Waals surface area contributed by atoms with Crippen LogP contribution >= 0.6 is 0 Å². The Balaban J connectivity index is 1.99. The van der Waals surface area contributed by atoms with Crippen LogP contribution in [-0.4, -0.2) is 51.9 Å². The first kappa shape index (κ1) is 25.1. The summed E-state index contributed by atoms with van der Waals surface area (Å²) in [7, 11) is -2.91. The van der Waals surface area contributed by atoms with Crippen molar-refractivity contribution in [3.8, 4) is 5.75 Å². The van der Waals surface area contributed by atoms with E-state index in [4.69, 9.17) is 4.74 Å². The molecule has 0 saturated heterocycles. The fraction of sp³-hybridized carbons (Fsp3) is 0.300. The first-order valence-corrected chi connectivity index (χ1v) is 10.8. The van der Waals surface area contributed by atoms with Gasteiger partial charge in [-0.2, -0.15) is 13.2 Å². The third kappa shape index (κ3) is 6.95. The zero-order valence-corrected chi connectivity index (χ0v) is 18.1. The maximum absolute atomic E-state index is 12.8. The van der Waals surface area contributed by atoms with Crippen LogP contribution in [0, 0.1) is 0 Å². The molecule has 2 N–H and O–H groups in total. The number of carbonyl (C=O) groups excluding carboxylic acids is 2. The number of halogens is 3. The van der Waals surface area contributed by atoms with Gasteiger partial charge in [-0.15, -0.1) is 0 Å². The lowest BCUT2D eigenvalue weighted by molar-refractivity contribution is -0.137. The molecule has 0 radical (unpaired) electrons. The van der Waals surface area contributed by atoms with Gasteiger partial charge in [0, 0.05) is 18.3 Å². The average Bonchev–Trinajstić information content (AvgIpc) is 2.75. The second kappa shape index (κ2) is 10.5. The molecule has 0 heterocycles. The van der Waals surface area contributed by atoms with Gasteiger partial charge >= 0.3 is 6.18 Å². The van der Waals surface area contributed by atoms with Crippen molar-refractivity contribution in [3.05, 3.63) is 54.1 Å². The summed E-state index contributed by atoms with van der Waals surface area (Å²) in [6.07, 6.45) is -4.71. The number of rotatable bonds is 9. The Labute approximate surface area is 183 Å². The van der Waals surface area contributed by atoms with E-state index in [1.54, 1.807) is 31.2 Å². The lowest BCUT2D eigenvalue weighted by Gasteiger charge is -2.20. The van der Waals surface area contributed by atoms with Gasteiger partial charge in [-0.25, -0.2) is 13.1 Å². The van der Waals surface area contributed by atoms with Gasteiger partial charge in [-0.3, -0.25) is 9.59 Å². The molecule has 32 heavy (non-hydrogen) atoms. The molecule has 0 spiro atoms. The molecule has 0 atom stereocenters. The minimum absolute atomic E-state index is 0.107. The number of carbonyl (C=O) groups is 2. The van der Waals surface area contributed by atoms with Crippen LogP contribution in [0.2, 0.25) is 0 Å². The van der Waals surface area contributed by atoms with Gasteiger partial charge in [0.15, 0.2) is 0 Å². The van der Waals surface area contributed by atoms with Crippen molar-refractivity contribution in [3.63, 3.8) is 0 Å². The lowest BCUT2D eigenvalue weighted by Crippen LogP contribution is -2.43. The van der Waals surface area contributed by atoms with Crippen molar-refractivity contribution in [2.24, 2.45) is 0 Å². The van der Waals surface area contributed by atoms with E-state index in [1.165, 1.54) is 7.11 Å². The van der Waals surface area contributed by atoms with Crippen molar-refractivity contribution in [2.75, 3.05) is 32.1 Å². The van der Waals surface area contributed by atoms with Crippen LogP contribution in [0.1, 0.15) is 12.5 Å². The Kier molecular flexibility index (Phi) is 8.22. The van der Waals surface area contributed by atoms with Crippen molar-refractivity contribution >= 4 is 27.5 Å². The molecule has 0 bridgehead atoms. The number of alkyl halides is 3. The maximum atomic E-state index is 12.8. The highest BCUT2D eigenvalue weighted by molar-refractivity contribution is 7.89. The van der Waals surface area contributed by atoms with E-state index in [0.29, 0.717) is 17.5 Å². The molecule has 2 amide bonds. The summed E-state index contributed by atoms with van der Waals surface area (Å²) >= 11 is 0. The van der Waals surface area contributed by atoms with Gasteiger partial charge in [-0.1, -0.05) is 12.1 Å². The quantitative estimate of drug-likeness (QED) is 0.582. The predicted octanol–water partition coefficient (Wildman–Crippen LogP) is 2.48. The predicted molar refractivity (Wildman–Crippen MR) is 111 cm³/mol. The minimum Gasteiger partial charge on any atom is -0.497 e. The first-order valence-electron chi connectivity index (χ1n) is 9.35. The fourth-order valence-electron chi connectivity index (χ4n) is 2.64. The number of ether oxygens (including phenoxy) is 1. The van der Waals surface area contributed by atoms with Gasteiger partial charge < -0.3 is 15.0 Å². The zero-order chi connectivity index (χ0) is 23.9. The highest BCUT2D eigenvalue weighted by Gasteiger charge is 2.31. The van der Waals surface area contributed by atoms with Crippen molar-refractivity contribution in [1.29, 1.82) is 0 Å². The number of hydrogen-bond acceptors (Lipinski definition) is 5. The van der Waals surface area contributed by atoms with Gasteiger partial charge in [0.2, 0.25) is 21.8 Å². The molecular weight excluding hydrogens is 451 g/mol. The maximum Gasteiger partial charge on any atom is 0.416 e. The van der Waals surface area contributed by atoms with E-state index in [1.807, 2.05) is 4.72 Å². The minimum atomic E-state index is -4.71. The Bertz CT molecular complexity index is 1070. The van der Waals surface area contributed by atoms with Crippen LogP contribution in [0.5, 0.6) is 5.75 Å². The molecule has 0 fully saturated rings. The van der Waals surface area contributed by atoms with Crippen LogP contribution < -0.4 is 14.8 Å². The second-order valence-corrected chi connectivity index (χ2v) is 8.31. The van der Waals surface area contributed by atoms with E-state index in [9.17, 15) is 31.2 Å². The molecular formula is C20H22F3N3O5S. The number of nitrogens with one attached hydrogen (secondary N) is 2. The highest BCUT2D eigenvalue weighted by Crippen LogP contribution is 2.30. The smallest absolute Gasteiger partial charge is 0.416 e. The molecule has 0 aromatic heterocycles. The summed E-state index contributed by atoms with van der Waals surface area (Å²) < 4.78 is 70.1. The summed E-state index contributed by atoms with van der Waals surface area (Å²) in [4.78, 5) is 25.1. The van der Waals surface area contributed by atoms with Gasteiger partial charge in [-0.05, 0) is 37.3 Å². The van der Waals surface area contributed by atoms with Crippen molar-refractivity contribution in [2.45, 2.75) is 18.0 Å². The number of hydrogen-bond donors (Lipinski definition) is 2. The average molecular weight is 473 g/mol. The molecule has 174 valence electrons. The number of anilines is 1. The van der Waals surface area contributed by atoms with E-state index in [0.717, 1.165) is 23.1 Å². The summed E-state index contributed by atoms with van der Waals surface area (Å²) in [6.45, 7) is 0.629. The Morgan fingerprint density at radius 3 is 2.41 bits per heavy atom. The van der Waals surface area contributed by atoms with E-state index >= 15 is 0 Å². The Hall–Kier alpha value is -3.12. The number of sulfonamides is 1. The number of likely N-dealkylation sites (N-methyl/N-ethyl adjacent to an activating group) is 1. The van der Waals surface area contributed by atoms with Crippen molar-refractivity contribution in [1.82, 2.24) is 9.62 Å². The number of benzene rings is 2. The van der Waals surface area contributed by atoms with Crippen LogP contribution in [0.3, 0.4) is 0 Å². The largest absolute Gasteiger partial charge is 0.497 e. The van der Waals surface area contributed by atoms with Gasteiger partial charge in [0.1, 0.15) is 5.75 Å². The third-order valence-corrected chi connectivity index (χ3v) is 5.71. The van der Waals surface area contributed by atoms with Crippen LogP contribution in [0.15, 0.2) is 53.4 Å². The van der Waals surface area contributed by atoms with Gasteiger partial charge in [0.05, 0.1) is 30.7 Å². The molecule has 2 rings (SSSR count). The fourth-order valence-corrected chi connectivity index (χ4v) is 3.66. The Morgan fingerprint density at radius 2 is 1.78 bits per heavy atom. The SMILES string of the molecule is CCN(CC(=O)Nc1cccc(OC)c1)C(=O)CNS(=O)(=O)c1cccc(C(F)(F)F)c1.